The Morgan fingerprint density at radius 3 is 1.31 bits per heavy atom. The Labute approximate surface area is 418 Å². The van der Waals surface area contributed by atoms with E-state index in [1.165, 1.54) is 0 Å². The van der Waals surface area contributed by atoms with Crippen molar-refractivity contribution in [1.82, 2.24) is 41.7 Å². The van der Waals surface area contributed by atoms with Crippen LogP contribution < -0.4 is 31.9 Å². The van der Waals surface area contributed by atoms with E-state index in [0.717, 1.165) is 22.3 Å². The summed E-state index contributed by atoms with van der Waals surface area (Å²) in [5.74, 6) is -3.17. The van der Waals surface area contributed by atoms with Crippen molar-refractivity contribution < 1.29 is 47.8 Å². The number of rotatable bonds is 18. The van der Waals surface area contributed by atoms with Crippen molar-refractivity contribution in [2.24, 2.45) is 10.8 Å². The Kier molecular flexibility index (Phi) is 17.7. The maximum absolute atomic E-state index is 14.1. The number of carbonyl (C=O) groups excluding carboxylic acids is 8. The van der Waals surface area contributed by atoms with Crippen molar-refractivity contribution in [2.45, 2.75) is 174 Å². The molecule has 2 heterocycles. The molecule has 4 aliphatic rings. The molecule has 0 aromatic heterocycles. The van der Waals surface area contributed by atoms with E-state index >= 15 is 0 Å². The molecular weight excluding hydrogens is 909 g/mol. The summed E-state index contributed by atoms with van der Waals surface area (Å²) in [6, 6.07) is 9.33. The minimum atomic E-state index is -0.872. The number of amides is 6. The summed E-state index contributed by atoms with van der Waals surface area (Å²) < 4.78 is 12.1. The predicted octanol–water partition coefficient (Wildman–Crippen LogP) is 3.07. The molecule has 0 radical (unpaired) electrons. The number of esters is 2. The molecule has 1 unspecified atom stereocenters. The monoisotopic (exact) mass is 985 g/mol. The first kappa shape index (κ1) is 54.5. The maximum atomic E-state index is 14.1. The fourth-order valence-electron chi connectivity index (χ4n) is 10.0. The molecule has 6 rings (SSSR count). The fraction of sp³-hybridized carbons (Fsp3) is 0.623. The molecule has 2 aliphatic carbocycles. The topological polar surface area (TPSA) is 234 Å². The van der Waals surface area contributed by atoms with Gasteiger partial charge < -0.3 is 51.2 Å². The van der Waals surface area contributed by atoms with Gasteiger partial charge in [0.15, 0.2) is 0 Å². The summed E-state index contributed by atoms with van der Waals surface area (Å²) in [6.07, 6.45) is 1.24. The lowest BCUT2D eigenvalue weighted by Crippen LogP contribution is -2.59. The molecule has 0 bridgehead atoms. The zero-order valence-electron chi connectivity index (χ0n) is 43.1. The summed E-state index contributed by atoms with van der Waals surface area (Å²) in [7, 11) is 3.33. The van der Waals surface area contributed by atoms with Crippen molar-refractivity contribution in [3.8, 4) is 0 Å². The van der Waals surface area contributed by atoms with Gasteiger partial charge in [0.05, 0.1) is 24.2 Å². The number of likely N-dealkylation sites (tertiary alicyclic amines) is 2. The lowest BCUT2D eigenvalue weighted by atomic mass is 9.85. The molecule has 2 fully saturated rings. The van der Waals surface area contributed by atoms with Gasteiger partial charge in [0, 0.05) is 38.8 Å². The van der Waals surface area contributed by atoms with Crippen molar-refractivity contribution in [1.29, 1.82) is 0 Å². The molecule has 18 heteroatoms. The molecular formula is C53H76N8O10. The first-order chi connectivity index (χ1) is 33.5. The molecule has 10 atom stereocenters. The summed E-state index contributed by atoms with van der Waals surface area (Å²) >= 11 is 0. The van der Waals surface area contributed by atoms with Gasteiger partial charge in [0.2, 0.25) is 35.4 Å². The number of likely N-dealkylation sites (N-methyl/N-ethyl adjacent to an activating group) is 2. The van der Waals surface area contributed by atoms with Crippen molar-refractivity contribution in [2.75, 3.05) is 27.2 Å². The molecule has 2 aromatic rings. The zero-order chi connectivity index (χ0) is 51.9. The number of hydrogen-bond donors (Lipinski definition) is 6. The van der Waals surface area contributed by atoms with Crippen LogP contribution in [-0.2, 0) is 60.7 Å². The number of nitrogens with one attached hydrogen (secondary N) is 6. The van der Waals surface area contributed by atoms with Crippen LogP contribution in [0.4, 0.5) is 0 Å². The van der Waals surface area contributed by atoms with E-state index in [2.05, 4.69) is 31.9 Å². The Morgan fingerprint density at radius 1 is 0.592 bits per heavy atom. The average molecular weight is 985 g/mol. The first-order valence-electron chi connectivity index (χ1n) is 25.3. The minimum Gasteiger partial charge on any atom is -0.459 e. The molecule has 2 saturated heterocycles. The van der Waals surface area contributed by atoms with Crippen LogP contribution in [0.15, 0.2) is 48.5 Å². The molecule has 2 aromatic carbocycles. The lowest BCUT2D eigenvalue weighted by Gasteiger charge is -2.36. The Hall–Kier alpha value is -5.88. The Bertz CT molecular complexity index is 2150. The number of benzene rings is 2. The van der Waals surface area contributed by atoms with Gasteiger partial charge >= 0.3 is 11.9 Å². The van der Waals surface area contributed by atoms with Crippen molar-refractivity contribution in [3.63, 3.8) is 0 Å². The lowest BCUT2D eigenvalue weighted by molar-refractivity contribution is -0.153. The predicted molar refractivity (Wildman–Crippen MR) is 265 cm³/mol. The Balaban J connectivity index is 1.05. The van der Waals surface area contributed by atoms with Crippen LogP contribution >= 0.6 is 0 Å². The molecule has 0 spiro atoms. The van der Waals surface area contributed by atoms with E-state index in [1.807, 2.05) is 90.1 Å². The van der Waals surface area contributed by atoms with Gasteiger partial charge in [-0.05, 0) is 93.1 Å². The van der Waals surface area contributed by atoms with Gasteiger partial charge in [-0.15, -0.1) is 0 Å². The summed E-state index contributed by atoms with van der Waals surface area (Å²) in [6.45, 7) is 15.3. The normalized spacial score (nSPS) is 23.4. The van der Waals surface area contributed by atoms with Gasteiger partial charge in [-0.2, -0.15) is 0 Å². The van der Waals surface area contributed by atoms with E-state index in [0.29, 0.717) is 51.6 Å². The minimum absolute atomic E-state index is 0.0971. The van der Waals surface area contributed by atoms with Crippen LogP contribution in [0, 0.1) is 10.8 Å². The Morgan fingerprint density at radius 2 is 0.958 bits per heavy atom. The number of nitrogens with zero attached hydrogens (tertiary/aromatic N) is 2. The first-order valence-corrected chi connectivity index (χ1v) is 25.3. The molecule has 388 valence electrons. The highest BCUT2D eigenvalue weighted by Gasteiger charge is 2.46. The van der Waals surface area contributed by atoms with Crippen LogP contribution in [-0.4, -0.2) is 133 Å². The number of hydrogen-bond acceptors (Lipinski definition) is 12. The van der Waals surface area contributed by atoms with Crippen LogP contribution in [0.2, 0.25) is 0 Å². The number of fused-ring (bicyclic) bond motifs is 2. The third-order valence-corrected chi connectivity index (χ3v) is 14.4. The number of ether oxygens (including phenoxy) is 2. The van der Waals surface area contributed by atoms with Crippen molar-refractivity contribution >= 4 is 47.4 Å². The summed E-state index contributed by atoms with van der Waals surface area (Å²) in [4.78, 5) is 112. The average Bonchev–Trinajstić information content (AvgIpc) is 4.14. The molecule has 71 heavy (non-hydrogen) atoms. The van der Waals surface area contributed by atoms with E-state index in [4.69, 9.17) is 9.47 Å². The second-order valence-electron chi connectivity index (χ2n) is 21.7. The van der Waals surface area contributed by atoms with Crippen LogP contribution in [0.3, 0.4) is 0 Å². The van der Waals surface area contributed by atoms with Gasteiger partial charge in [0.25, 0.3) is 0 Å². The summed E-state index contributed by atoms with van der Waals surface area (Å²) in [5.41, 5.74) is 2.17. The standard InChI is InChI=1S/C53H76N8O10/c1-30(54-9)46(64)58-44(52(3,4)5)50(68)60-26-16-22-36(60)48(66)56-42-34-20-13-11-18-32(34)28-38(42)70-40(62)24-15-25-41(63)71-39-29-33-19-12-14-21-35(33)43(39)57-49(67)37-23-17-27-61(37)51(69)45(53(6,7)8)59-47(65)31(2)55-10/h11-14,18-21,30-31,36-39,42-45,54-55H,15-17,22-29H2,1-10H3,(H,56,66)(H,57,67)(H,58,64)(H,59,65)/t30-,31-,36-,37-,38-,39-,42-,43?,44+,45+/m0/s1. The van der Waals surface area contributed by atoms with Gasteiger partial charge in [-0.3, -0.25) is 38.4 Å². The fourth-order valence-corrected chi connectivity index (χ4v) is 10.0. The molecule has 2 aliphatic heterocycles. The third kappa shape index (κ3) is 13.0. The molecule has 6 amide bonds. The van der Waals surface area contributed by atoms with E-state index in [1.54, 1.807) is 37.7 Å². The van der Waals surface area contributed by atoms with Gasteiger partial charge in [0.1, 0.15) is 36.4 Å². The highest BCUT2D eigenvalue weighted by molar-refractivity contribution is 5.95. The smallest absolute Gasteiger partial charge is 0.306 e. The van der Waals surface area contributed by atoms with E-state index < -0.39 is 83.3 Å². The quantitative estimate of drug-likeness (QED) is 0.118. The van der Waals surface area contributed by atoms with Gasteiger partial charge in [-0.25, -0.2) is 0 Å². The van der Waals surface area contributed by atoms with Gasteiger partial charge in [-0.1, -0.05) is 90.1 Å². The van der Waals surface area contributed by atoms with Crippen LogP contribution in [0.5, 0.6) is 0 Å². The second kappa shape index (κ2) is 23.1. The second-order valence-corrected chi connectivity index (χ2v) is 21.7. The maximum Gasteiger partial charge on any atom is 0.306 e. The molecule has 6 N–H and O–H groups in total. The molecule has 18 nitrogen and oxygen atoms in total. The number of carbonyl (C=O) groups is 8. The summed E-state index contributed by atoms with van der Waals surface area (Å²) in [5, 5.41) is 17.8. The highest BCUT2D eigenvalue weighted by atomic mass is 16.5. The highest BCUT2D eigenvalue weighted by Crippen LogP contribution is 2.37. The van der Waals surface area contributed by atoms with E-state index in [9.17, 15) is 38.4 Å². The van der Waals surface area contributed by atoms with E-state index in [-0.39, 0.29) is 54.7 Å². The van der Waals surface area contributed by atoms with Crippen molar-refractivity contribution in [3.05, 3.63) is 70.8 Å². The van der Waals surface area contributed by atoms with Crippen LogP contribution in [0.1, 0.15) is 135 Å². The zero-order valence-corrected chi connectivity index (χ0v) is 43.1. The van der Waals surface area contributed by atoms with Crippen LogP contribution in [0.25, 0.3) is 0 Å². The third-order valence-electron chi connectivity index (χ3n) is 14.4. The molecule has 0 saturated carbocycles. The SMILES string of the molecule is CN[C@@H](C)C(=O)N[C@H](C(=O)N1CCC[C@H]1C(=O)NC1c2ccccc2C[C@@H]1OC(=O)CCCC(=O)O[C@H]1Cc2ccccc2[C@@H]1NC(=O)[C@@H]1CCCN1C(=O)[C@@H](NC(=O)[C@H](C)NC)C(C)(C)C)C(C)(C)C. The largest absolute Gasteiger partial charge is 0.459 e.